The number of hydrogen-bond acceptors (Lipinski definition) is 4. The average Bonchev–Trinajstić information content (AvgIpc) is 3.09. The topological polar surface area (TPSA) is 51.1 Å². The van der Waals surface area contributed by atoms with E-state index in [-0.39, 0.29) is 5.91 Å². The second-order valence-electron chi connectivity index (χ2n) is 7.73. The summed E-state index contributed by atoms with van der Waals surface area (Å²) in [6.07, 6.45) is 1.78. The molecular weight excluding hydrogens is 436 g/mol. The Kier molecular flexibility index (Phi) is 6.80. The minimum absolute atomic E-state index is 0.188. The van der Waals surface area contributed by atoms with Crippen molar-refractivity contribution in [3.05, 3.63) is 94.0 Å². The van der Waals surface area contributed by atoms with E-state index in [1.165, 1.54) is 10.6 Å². The second-order valence-corrected chi connectivity index (χ2v) is 8.14. The lowest BCUT2D eigenvalue weighted by molar-refractivity contribution is -0.114. The number of ether oxygens (including phenoxy) is 2. The highest BCUT2D eigenvalue weighted by atomic mass is 35.5. The molecule has 5 nitrogen and oxygen atoms in total. The minimum atomic E-state index is -0.188. The Bertz CT molecular complexity index is 1220. The van der Waals surface area contributed by atoms with Gasteiger partial charge in [-0.05, 0) is 62.2 Å². The predicted octanol–water partition coefficient (Wildman–Crippen LogP) is 6.43. The number of para-hydroxylation sites is 1. The van der Waals surface area contributed by atoms with Gasteiger partial charge in [-0.3, -0.25) is 4.79 Å². The van der Waals surface area contributed by atoms with Crippen LogP contribution < -0.4 is 14.5 Å². The number of carbonyl (C=O) groups excluding carboxylic acids is 1. The van der Waals surface area contributed by atoms with Crippen LogP contribution in [0.25, 0.3) is 6.08 Å². The van der Waals surface area contributed by atoms with Gasteiger partial charge in [0.15, 0.2) is 11.5 Å². The van der Waals surface area contributed by atoms with Gasteiger partial charge in [-0.1, -0.05) is 59.6 Å². The SMILES string of the molecule is CCOc1cc(/C=C2/C(=O)N(c3ccccc3)N=C2C)cc(Cl)c1OCc1ccc(C)cc1. The summed E-state index contributed by atoms with van der Waals surface area (Å²) in [4.78, 5) is 13.0. The van der Waals surface area contributed by atoms with E-state index in [0.717, 1.165) is 16.8 Å². The number of rotatable bonds is 7. The molecule has 0 fully saturated rings. The molecule has 168 valence electrons. The van der Waals surface area contributed by atoms with Gasteiger partial charge in [0.05, 0.1) is 28.6 Å². The first-order chi connectivity index (χ1) is 16.0. The van der Waals surface area contributed by atoms with Gasteiger partial charge in [-0.15, -0.1) is 0 Å². The molecule has 0 N–H and O–H groups in total. The van der Waals surface area contributed by atoms with E-state index in [1.54, 1.807) is 12.1 Å². The van der Waals surface area contributed by atoms with E-state index in [1.807, 2.05) is 81.4 Å². The van der Waals surface area contributed by atoms with E-state index in [4.69, 9.17) is 21.1 Å². The first kappa shape index (κ1) is 22.6. The molecule has 0 unspecified atom stereocenters. The van der Waals surface area contributed by atoms with Gasteiger partial charge in [0.25, 0.3) is 5.91 Å². The number of nitrogens with zero attached hydrogens (tertiary/aromatic N) is 2. The van der Waals surface area contributed by atoms with Gasteiger partial charge in [0.2, 0.25) is 0 Å². The summed E-state index contributed by atoms with van der Waals surface area (Å²) >= 11 is 6.58. The van der Waals surface area contributed by atoms with Crippen molar-refractivity contribution in [1.82, 2.24) is 0 Å². The summed E-state index contributed by atoms with van der Waals surface area (Å²) in [6, 6.07) is 21.1. The van der Waals surface area contributed by atoms with Gasteiger partial charge >= 0.3 is 0 Å². The number of anilines is 1. The van der Waals surface area contributed by atoms with Gasteiger partial charge in [0.1, 0.15) is 6.61 Å². The monoisotopic (exact) mass is 460 g/mol. The van der Waals surface area contributed by atoms with Crippen molar-refractivity contribution in [2.75, 3.05) is 11.6 Å². The van der Waals surface area contributed by atoms with Crippen LogP contribution in [0.1, 0.15) is 30.5 Å². The number of hydrazone groups is 1. The number of carbonyl (C=O) groups is 1. The van der Waals surface area contributed by atoms with E-state index >= 15 is 0 Å². The van der Waals surface area contributed by atoms with Gasteiger partial charge in [-0.25, -0.2) is 0 Å². The van der Waals surface area contributed by atoms with Crippen LogP contribution in [0.3, 0.4) is 0 Å². The van der Waals surface area contributed by atoms with Crippen molar-refractivity contribution in [2.45, 2.75) is 27.4 Å². The molecule has 6 heteroatoms. The normalized spacial score (nSPS) is 14.5. The largest absolute Gasteiger partial charge is 0.490 e. The molecular formula is C27H25ClN2O3. The molecule has 0 aromatic heterocycles. The zero-order chi connectivity index (χ0) is 23.4. The molecule has 0 saturated heterocycles. The Morgan fingerprint density at radius 3 is 2.42 bits per heavy atom. The lowest BCUT2D eigenvalue weighted by atomic mass is 10.1. The highest BCUT2D eigenvalue weighted by Gasteiger charge is 2.28. The summed E-state index contributed by atoms with van der Waals surface area (Å²) in [6.45, 7) is 6.59. The third-order valence-electron chi connectivity index (χ3n) is 5.21. The maximum Gasteiger partial charge on any atom is 0.280 e. The molecule has 0 saturated carbocycles. The van der Waals surface area contributed by atoms with E-state index in [0.29, 0.717) is 41.0 Å². The molecule has 0 spiro atoms. The van der Waals surface area contributed by atoms with Crippen LogP contribution in [-0.4, -0.2) is 18.2 Å². The Morgan fingerprint density at radius 1 is 1.00 bits per heavy atom. The van der Waals surface area contributed by atoms with Crippen molar-refractivity contribution in [2.24, 2.45) is 5.10 Å². The van der Waals surface area contributed by atoms with Gasteiger partial charge in [0, 0.05) is 0 Å². The van der Waals surface area contributed by atoms with Crippen molar-refractivity contribution < 1.29 is 14.3 Å². The predicted molar refractivity (Wildman–Crippen MR) is 133 cm³/mol. The number of halogens is 1. The zero-order valence-corrected chi connectivity index (χ0v) is 19.6. The fourth-order valence-electron chi connectivity index (χ4n) is 3.51. The first-order valence-electron chi connectivity index (χ1n) is 10.8. The van der Waals surface area contributed by atoms with Gasteiger partial charge in [-0.2, -0.15) is 10.1 Å². The number of hydrogen-bond donors (Lipinski definition) is 0. The summed E-state index contributed by atoms with van der Waals surface area (Å²) in [5.41, 5.74) is 4.82. The standard InChI is InChI=1S/C27H25ClN2O3/c1-4-32-25-16-21(15-24(28)26(25)33-17-20-12-10-18(2)11-13-20)14-23-19(3)29-30(27(23)31)22-8-6-5-7-9-22/h5-16H,4,17H2,1-3H3/b23-14+. The van der Waals surface area contributed by atoms with Crippen LogP contribution in [0.4, 0.5) is 5.69 Å². The molecule has 1 heterocycles. The molecule has 0 aliphatic carbocycles. The maximum absolute atomic E-state index is 13.0. The summed E-state index contributed by atoms with van der Waals surface area (Å²) < 4.78 is 11.8. The molecule has 1 aliphatic rings. The average molecular weight is 461 g/mol. The highest BCUT2D eigenvalue weighted by Crippen LogP contribution is 2.38. The summed E-state index contributed by atoms with van der Waals surface area (Å²) in [5, 5.41) is 6.25. The number of benzene rings is 3. The maximum atomic E-state index is 13.0. The van der Waals surface area contributed by atoms with Crippen molar-refractivity contribution >= 4 is 35.0 Å². The number of aryl methyl sites for hydroxylation is 1. The molecule has 1 aliphatic heterocycles. The minimum Gasteiger partial charge on any atom is -0.490 e. The van der Waals surface area contributed by atoms with Crippen molar-refractivity contribution in [1.29, 1.82) is 0 Å². The molecule has 0 radical (unpaired) electrons. The Hall–Kier alpha value is -3.57. The lowest BCUT2D eigenvalue weighted by Gasteiger charge is -2.15. The molecule has 0 atom stereocenters. The van der Waals surface area contributed by atoms with E-state index < -0.39 is 0 Å². The Morgan fingerprint density at radius 2 is 1.73 bits per heavy atom. The third-order valence-corrected chi connectivity index (χ3v) is 5.49. The number of amides is 1. The summed E-state index contributed by atoms with van der Waals surface area (Å²) in [5.74, 6) is 0.826. The van der Waals surface area contributed by atoms with Gasteiger partial charge < -0.3 is 9.47 Å². The van der Waals surface area contributed by atoms with Crippen LogP contribution in [0.5, 0.6) is 11.5 Å². The highest BCUT2D eigenvalue weighted by molar-refractivity contribution is 6.33. The second kappa shape index (κ2) is 9.92. The zero-order valence-electron chi connectivity index (χ0n) is 18.8. The fourth-order valence-corrected chi connectivity index (χ4v) is 3.78. The third kappa shape index (κ3) is 5.10. The Labute approximate surface area is 198 Å². The van der Waals surface area contributed by atoms with Crippen LogP contribution in [0.2, 0.25) is 5.02 Å². The molecule has 1 amide bonds. The summed E-state index contributed by atoms with van der Waals surface area (Å²) in [7, 11) is 0. The smallest absolute Gasteiger partial charge is 0.280 e. The van der Waals surface area contributed by atoms with Crippen LogP contribution in [0, 0.1) is 6.92 Å². The molecule has 33 heavy (non-hydrogen) atoms. The van der Waals surface area contributed by atoms with Crippen molar-refractivity contribution in [3.63, 3.8) is 0 Å². The van der Waals surface area contributed by atoms with Crippen LogP contribution in [-0.2, 0) is 11.4 Å². The quantitative estimate of drug-likeness (QED) is 0.381. The molecule has 3 aromatic rings. The lowest BCUT2D eigenvalue weighted by Crippen LogP contribution is -2.21. The molecule has 3 aromatic carbocycles. The fraction of sp³-hybridized carbons (Fsp3) is 0.185. The van der Waals surface area contributed by atoms with E-state index in [9.17, 15) is 4.79 Å². The first-order valence-corrected chi connectivity index (χ1v) is 11.2. The van der Waals surface area contributed by atoms with Crippen LogP contribution in [0.15, 0.2) is 77.4 Å². The molecule has 0 bridgehead atoms. The molecule has 4 rings (SSSR count). The van der Waals surface area contributed by atoms with Crippen LogP contribution >= 0.6 is 11.6 Å². The van der Waals surface area contributed by atoms with E-state index in [2.05, 4.69) is 5.10 Å². The van der Waals surface area contributed by atoms with Crippen molar-refractivity contribution in [3.8, 4) is 11.5 Å². The Balaban J connectivity index is 1.60.